The van der Waals surface area contributed by atoms with Gasteiger partial charge < -0.3 is 9.80 Å². The molecule has 0 unspecified atom stereocenters. The predicted molar refractivity (Wildman–Crippen MR) is 114 cm³/mol. The lowest BCUT2D eigenvalue weighted by Crippen LogP contribution is -2.44. The zero-order valence-corrected chi connectivity index (χ0v) is 17.3. The van der Waals surface area contributed by atoms with Crippen molar-refractivity contribution in [2.45, 2.75) is 4.90 Å². The first kappa shape index (κ1) is 20.2. The van der Waals surface area contributed by atoms with Gasteiger partial charge in [-0.2, -0.15) is 0 Å². The molecule has 2 aromatic carbocycles. The van der Waals surface area contributed by atoms with Gasteiger partial charge in [-0.05, 0) is 55.6 Å². The molecule has 3 aromatic rings. The minimum Gasteiger partial charge on any atom is -0.353 e. The van der Waals surface area contributed by atoms with Gasteiger partial charge in [-0.3, -0.25) is 4.72 Å². The van der Waals surface area contributed by atoms with Crippen LogP contribution in [0.2, 0.25) is 0 Å². The number of halogens is 1. The topological polar surface area (TPSA) is 78.4 Å². The number of hydrogen-bond donors (Lipinski definition) is 1. The SMILES string of the molecule is CN1CCN(c2ccc(-c3cccc(NS(=O)(=O)c4ccc(F)cc4)c3)nn2)CC1. The van der Waals surface area contributed by atoms with Crippen LogP contribution in [0.25, 0.3) is 11.3 Å². The van der Waals surface area contributed by atoms with Crippen LogP contribution in [0.1, 0.15) is 0 Å². The molecule has 0 bridgehead atoms. The fraction of sp³-hybridized carbons (Fsp3) is 0.238. The van der Waals surface area contributed by atoms with Crippen LogP contribution in [0.3, 0.4) is 0 Å². The molecule has 9 heteroatoms. The van der Waals surface area contributed by atoms with Gasteiger partial charge in [-0.15, -0.1) is 10.2 Å². The normalized spacial score (nSPS) is 15.2. The summed E-state index contributed by atoms with van der Waals surface area (Å²) < 4.78 is 40.7. The third kappa shape index (κ3) is 4.58. The Labute approximate surface area is 175 Å². The van der Waals surface area contributed by atoms with Gasteiger partial charge in [-0.1, -0.05) is 12.1 Å². The van der Waals surface area contributed by atoms with Crippen LogP contribution in [0, 0.1) is 5.82 Å². The van der Waals surface area contributed by atoms with Crippen LogP contribution >= 0.6 is 0 Å². The number of benzene rings is 2. The van der Waals surface area contributed by atoms with Gasteiger partial charge in [0.25, 0.3) is 10.0 Å². The Balaban J connectivity index is 1.51. The Morgan fingerprint density at radius 1 is 0.933 bits per heavy atom. The van der Waals surface area contributed by atoms with E-state index >= 15 is 0 Å². The molecule has 0 aliphatic carbocycles. The summed E-state index contributed by atoms with van der Waals surface area (Å²) in [7, 11) is -1.72. The molecule has 30 heavy (non-hydrogen) atoms. The summed E-state index contributed by atoms with van der Waals surface area (Å²) in [6.45, 7) is 3.79. The van der Waals surface area contributed by atoms with Crippen LogP contribution in [0.5, 0.6) is 0 Å². The number of rotatable bonds is 5. The fourth-order valence-electron chi connectivity index (χ4n) is 3.25. The molecule has 1 fully saturated rings. The maximum atomic E-state index is 13.1. The summed E-state index contributed by atoms with van der Waals surface area (Å²) in [5.74, 6) is 0.342. The number of nitrogens with zero attached hydrogens (tertiary/aromatic N) is 4. The van der Waals surface area contributed by atoms with Crippen molar-refractivity contribution in [2.75, 3.05) is 42.8 Å². The quantitative estimate of drug-likeness (QED) is 0.675. The zero-order chi connectivity index (χ0) is 21.1. The molecule has 1 aliphatic heterocycles. The monoisotopic (exact) mass is 427 g/mol. The van der Waals surface area contributed by atoms with E-state index in [-0.39, 0.29) is 4.90 Å². The molecule has 1 aliphatic rings. The van der Waals surface area contributed by atoms with Crippen LogP contribution in [0.4, 0.5) is 15.9 Å². The number of likely N-dealkylation sites (N-methyl/N-ethyl adjacent to an activating group) is 1. The molecule has 0 radical (unpaired) electrons. The van der Waals surface area contributed by atoms with E-state index in [1.807, 2.05) is 18.2 Å². The van der Waals surface area contributed by atoms with Gasteiger partial charge >= 0.3 is 0 Å². The van der Waals surface area contributed by atoms with Crippen molar-refractivity contribution in [2.24, 2.45) is 0 Å². The molecule has 1 saturated heterocycles. The van der Waals surface area contributed by atoms with E-state index in [1.165, 1.54) is 12.1 Å². The molecule has 1 aromatic heterocycles. The molecular weight excluding hydrogens is 405 g/mol. The molecule has 0 spiro atoms. The summed E-state index contributed by atoms with van der Waals surface area (Å²) in [4.78, 5) is 4.46. The molecule has 7 nitrogen and oxygen atoms in total. The number of sulfonamides is 1. The van der Waals surface area contributed by atoms with E-state index in [1.54, 1.807) is 18.2 Å². The minimum atomic E-state index is -3.82. The van der Waals surface area contributed by atoms with Gasteiger partial charge in [0.05, 0.1) is 10.6 Å². The lowest BCUT2D eigenvalue weighted by atomic mass is 10.1. The maximum Gasteiger partial charge on any atom is 0.261 e. The highest BCUT2D eigenvalue weighted by atomic mass is 32.2. The van der Waals surface area contributed by atoms with Gasteiger partial charge in [0.2, 0.25) is 0 Å². The Hall–Kier alpha value is -3.04. The highest BCUT2D eigenvalue weighted by Crippen LogP contribution is 2.24. The second kappa shape index (κ2) is 8.37. The molecule has 4 rings (SSSR count). The lowest BCUT2D eigenvalue weighted by Gasteiger charge is -2.32. The van der Waals surface area contributed by atoms with Gasteiger partial charge in [0.1, 0.15) is 5.82 Å². The van der Waals surface area contributed by atoms with E-state index in [9.17, 15) is 12.8 Å². The summed E-state index contributed by atoms with van der Waals surface area (Å²) in [6.07, 6.45) is 0. The van der Waals surface area contributed by atoms with Crippen molar-refractivity contribution in [3.63, 3.8) is 0 Å². The van der Waals surface area contributed by atoms with Crippen molar-refractivity contribution in [3.05, 3.63) is 66.5 Å². The molecule has 0 saturated carbocycles. The number of hydrogen-bond acceptors (Lipinski definition) is 6. The van der Waals surface area contributed by atoms with Crippen molar-refractivity contribution in [1.29, 1.82) is 0 Å². The van der Waals surface area contributed by atoms with Crippen molar-refractivity contribution < 1.29 is 12.8 Å². The third-order valence-corrected chi connectivity index (χ3v) is 6.41. The smallest absolute Gasteiger partial charge is 0.261 e. The molecular formula is C21H22FN5O2S. The van der Waals surface area contributed by atoms with E-state index in [0.29, 0.717) is 11.4 Å². The molecule has 156 valence electrons. The van der Waals surface area contributed by atoms with Gasteiger partial charge in [-0.25, -0.2) is 12.8 Å². The average molecular weight is 428 g/mol. The van der Waals surface area contributed by atoms with E-state index in [2.05, 4.69) is 31.8 Å². The summed E-state index contributed by atoms with van der Waals surface area (Å²) in [5, 5.41) is 8.67. The highest BCUT2D eigenvalue weighted by molar-refractivity contribution is 7.92. The second-order valence-electron chi connectivity index (χ2n) is 7.21. The average Bonchev–Trinajstić information content (AvgIpc) is 2.75. The second-order valence-corrected chi connectivity index (χ2v) is 8.89. The zero-order valence-electron chi connectivity index (χ0n) is 16.5. The minimum absolute atomic E-state index is 0.00868. The van der Waals surface area contributed by atoms with Gasteiger partial charge in [0.15, 0.2) is 5.82 Å². The number of piperazine rings is 1. The Morgan fingerprint density at radius 3 is 2.33 bits per heavy atom. The lowest BCUT2D eigenvalue weighted by molar-refractivity contribution is 0.312. The Kier molecular flexibility index (Phi) is 5.65. The van der Waals surface area contributed by atoms with Gasteiger partial charge in [0, 0.05) is 37.4 Å². The number of anilines is 2. The molecule has 2 heterocycles. The third-order valence-electron chi connectivity index (χ3n) is 5.01. The summed E-state index contributed by atoms with van der Waals surface area (Å²) in [6, 6.07) is 15.4. The van der Waals surface area contributed by atoms with Crippen LogP contribution in [0.15, 0.2) is 65.6 Å². The fourth-order valence-corrected chi connectivity index (χ4v) is 4.30. The summed E-state index contributed by atoms with van der Waals surface area (Å²) in [5.41, 5.74) is 1.78. The predicted octanol–water partition coefficient (Wildman–Crippen LogP) is 2.84. The van der Waals surface area contributed by atoms with Crippen molar-refractivity contribution >= 4 is 21.5 Å². The number of nitrogens with one attached hydrogen (secondary N) is 1. The molecule has 1 N–H and O–H groups in total. The Bertz CT molecular complexity index is 1110. The highest BCUT2D eigenvalue weighted by Gasteiger charge is 2.17. The van der Waals surface area contributed by atoms with Crippen molar-refractivity contribution in [3.8, 4) is 11.3 Å². The first-order valence-electron chi connectivity index (χ1n) is 9.57. The first-order valence-corrected chi connectivity index (χ1v) is 11.1. The van der Waals surface area contributed by atoms with Crippen LogP contribution in [-0.4, -0.2) is 56.7 Å². The number of aromatic nitrogens is 2. The Morgan fingerprint density at radius 2 is 1.67 bits per heavy atom. The first-order chi connectivity index (χ1) is 14.4. The van der Waals surface area contributed by atoms with E-state index in [0.717, 1.165) is 49.7 Å². The van der Waals surface area contributed by atoms with Crippen LogP contribution in [-0.2, 0) is 10.0 Å². The maximum absolute atomic E-state index is 13.1. The van der Waals surface area contributed by atoms with Crippen LogP contribution < -0.4 is 9.62 Å². The van der Waals surface area contributed by atoms with Crippen molar-refractivity contribution in [1.82, 2.24) is 15.1 Å². The molecule has 0 atom stereocenters. The van der Waals surface area contributed by atoms with E-state index in [4.69, 9.17) is 0 Å². The summed E-state index contributed by atoms with van der Waals surface area (Å²) >= 11 is 0. The molecule has 0 amide bonds. The van der Waals surface area contributed by atoms with E-state index < -0.39 is 15.8 Å². The standard InChI is InChI=1S/C21H22FN5O2S/c1-26-11-13-27(14-12-26)21-10-9-20(23-24-21)16-3-2-4-18(15-16)25-30(28,29)19-7-5-17(22)6-8-19/h2-10,15,25H,11-14H2,1H3. The largest absolute Gasteiger partial charge is 0.353 e.